The Hall–Kier alpha value is -2.50. The molecule has 2 aromatic carbocycles. The average molecular weight is 449 g/mol. The molecule has 0 spiro atoms. The van der Waals surface area contributed by atoms with Gasteiger partial charge in [0.25, 0.3) is 0 Å². The van der Waals surface area contributed by atoms with Crippen molar-refractivity contribution in [3.05, 3.63) is 65.5 Å². The minimum atomic E-state index is -5.52. The second-order valence-electron chi connectivity index (χ2n) is 6.23. The second-order valence-corrected chi connectivity index (χ2v) is 7.92. The van der Waals surface area contributed by atoms with E-state index in [9.17, 15) is 30.8 Å². The third-order valence-corrected chi connectivity index (χ3v) is 5.39. The quantitative estimate of drug-likeness (QED) is 0.379. The number of ether oxygens (including phenoxy) is 2. The highest BCUT2D eigenvalue weighted by Gasteiger charge is 2.65. The lowest BCUT2D eigenvalue weighted by Crippen LogP contribution is -2.66. The molecule has 0 saturated heterocycles. The fourth-order valence-corrected chi connectivity index (χ4v) is 3.60. The number of benzene rings is 2. The van der Waals surface area contributed by atoms with Gasteiger partial charge in [-0.1, -0.05) is 29.8 Å². The van der Waals surface area contributed by atoms with Crippen molar-refractivity contribution >= 4 is 16.0 Å². The predicted octanol–water partition coefficient (Wildman–Crippen LogP) is 3.45. The number of halogens is 4. The SMILES string of the molecule is CCOC(=O)[C@@](NS(=O)(=O)c1ccc(C)cc1)(OCc1ccc(F)cc1)C(F)(F)F. The lowest BCUT2D eigenvalue weighted by Gasteiger charge is -2.33. The maximum Gasteiger partial charge on any atom is 0.443 e. The summed E-state index contributed by atoms with van der Waals surface area (Å²) in [6.07, 6.45) is -5.52. The zero-order chi connectivity index (χ0) is 22.6. The van der Waals surface area contributed by atoms with Crippen LogP contribution >= 0.6 is 0 Å². The molecule has 2 aromatic rings. The molecule has 1 N–H and O–H groups in total. The molecule has 0 heterocycles. The number of rotatable bonds is 8. The monoisotopic (exact) mass is 449 g/mol. The molecule has 0 amide bonds. The highest BCUT2D eigenvalue weighted by Crippen LogP contribution is 2.35. The molecule has 0 unspecified atom stereocenters. The highest BCUT2D eigenvalue weighted by molar-refractivity contribution is 7.89. The number of sulfonamides is 1. The van der Waals surface area contributed by atoms with Crippen LogP contribution in [0.15, 0.2) is 53.4 Å². The van der Waals surface area contributed by atoms with E-state index >= 15 is 0 Å². The van der Waals surface area contributed by atoms with Crippen molar-refractivity contribution in [3.8, 4) is 0 Å². The lowest BCUT2D eigenvalue weighted by molar-refractivity contribution is -0.284. The van der Waals surface area contributed by atoms with Crippen LogP contribution < -0.4 is 4.72 Å². The van der Waals surface area contributed by atoms with Gasteiger partial charge in [0.1, 0.15) is 5.82 Å². The van der Waals surface area contributed by atoms with Crippen LogP contribution in [0.4, 0.5) is 17.6 Å². The van der Waals surface area contributed by atoms with E-state index in [1.54, 1.807) is 6.92 Å². The number of aryl methyl sites for hydroxylation is 1. The Morgan fingerprint density at radius 2 is 1.60 bits per heavy atom. The summed E-state index contributed by atoms with van der Waals surface area (Å²) in [7, 11) is -4.85. The summed E-state index contributed by atoms with van der Waals surface area (Å²) in [6.45, 7) is 1.61. The first-order valence-electron chi connectivity index (χ1n) is 8.64. The van der Waals surface area contributed by atoms with Crippen molar-refractivity contribution in [2.24, 2.45) is 0 Å². The standard InChI is InChI=1S/C19H19F4NO5S/c1-3-28-17(25)18(19(21,22)23,29-12-14-6-8-15(20)9-7-14)24-30(26,27)16-10-4-13(2)5-11-16/h4-11,24H,3,12H2,1-2H3/t18-/m1/s1. The van der Waals surface area contributed by atoms with Gasteiger partial charge in [0.2, 0.25) is 10.0 Å². The van der Waals surface area contributed by atoms with Crippen LogP contribution in [0.3, 0.4) is 0 Å². The van der Waals surface area contributed by atoms with Crippen LogP contribution in [0.25, 0.3) is 0 Å². The van der Waals surface area contributed by atoms with E-state index in [1.807, 2.05) is 0 Å². The van der Waals surface area contributed by atoms with Crippen LogP contribution in [0, 0.1) is 12.7 Å². The van der Waals surface area contributed by atoms with Gasteiger partial charge in [0, 0.05) is 0 Å². The van der Waals surface area contributed by atoms with Crippen molar-refractivity contribution in [2.75, 3.05) is 6.61 Å². The van der Waals surface area contributed by atoms with Gasteiger partial charge in [-0.2, -0.15) is 17.9 Å². The third kappa shape index (κ3) is 5.35. The Balaban J connectivity index is 2.48. The van der Waals surface area contributed by atoms with Crippen LogP contribution in [0.5, 0.6) is 0 Å². The molecule has 0 saturated carbocycles. The fourth-order valence-electron chi connectivity index (χ4n) is 2.36. The minimum absolute atomic E-state index is 0.0730. The summed E-state index contributed by atoms with van der Waals surface area (Å²) < 4.78 is 90.9. The number of esters is 1. The van der Waals surface area contributed by atoms with Gasteiger partial charge in [-0.15, -0.1) is 0 Å². The van der Waals surface area contributed by atoms with Crippen LogP contribution in [-0.2, 0) is 30.9 Å². The van der Waals surface area contributed by atoms with Gasteiger partial charge in [0.05, 0.1) is 18.1 Å². The molecule has 30 heavy (non-hydrogen) atoms. The number of hydrogen-bond donors (Lipinski definition) is 1. The van der Waals surface area contributed by atoms with E-state index in [0.29, 0.717) is 5.56 Å². The molecule has 0 radical (unpaired) electrons. The smallest absolute Gasteiger partial charge is 0.443 e. The van der Waals surface area contributed by atoms with E-state index in [4.69, 9.17) is 4.74 Å². The Morgan fingerprint density at radius 3 is 2.10 bits per heavy atom. The van der Waals surface area contributed by atoms with Crippen molar-refractivity contribution in [3.63, 3.8) is 0 Å². The highest BCUT2D eigenvalue weighted by atomic mass is 32.2. The molecule has 0 fully saturated rings. The van der Waals surface area contributed by atoms with Gasteiger partial charge in [0.15, 0.2) is 0 Å². The Bertz CT molecular complexity index is 975. The molecule has 6 nitrogen and oxygen atoms in total. The van der Waals surface area contributed by atoms with Crippen molar-refractivity contribution in [1.29, 1.82) is 0 Å². The van der Waals surface area contributed by atoms with Gasteiger partial charge >= 0.3 is 17.9 Å². The van der Waals surface area contributed by atoms with Crippen LogP contribution in [0.1, 0.15) is 18.1 Å². The maximum absolute atomic E-state index is 14.0. The first-order valence-corrected chi connectivity index (χ1v) is 10.1. The summed E-state index contributed by atoms with van der Waals surface area (Å²) in [4.78, 5) is 11.8. The first kappa shape index (κ1) is 23.8. The number of nitrogens with one attached hydrogen (secondary N) is 1. The molecule has 164 valence electrons. The van der Waals surface area contributed by atoms with Gasteiger partial charge in [-0.25, -0.2) is 17.6 Å². The summed E-state index contributed by atoms with van der Waals surface area (Å²) in [6, 6.07) is 9.17. The number of alkyl halides is 3. The van der Waals surface area contributed by atoms with Crippen molar-refractivity contribution < 1.29 is 40.2 Å². The number of carbonyl (C=O) groups excluding carboxylic acids is 1. The summed E-state index contributed by atoms with van der Waals surface area (Å²) in [5.41, 5.74) is -3.26. The molecule has 0 aliphatic heterocycles. The molecule has 0 aromatic heterocycles. The molecule has 11 heteroatoms. The van der Waals surface area contributed by atoms with E-state index in [-0.39, 0.29) is 5.56 Å². The predicted molar refractivity (Wildman–Crippen MR) is 98.1 cm³/mol. The largest absolute Gasteiger partial charge is 0.463 e. The van der Waals surface area contributed by atoms with Gasteiger partial charge in [-0.05, 0) is 43.7 Å². The fraction of sp³-hybridized carbons (Fsp3) is 0.316. The average Bonchev–Trinajstić information content (AvgIpc) is 2.66. The summed E-state index contributed by atoms with van der Waals surface area (Å²) >= 11 is 0. The molecular weight excluding hydrogens is 430 g/mol. The van der Waals surface area contributed by atoms with E-state index in [2.05, 4.69) is 4.74 Å². The molecule has 1 atom stereocenters. The van der Waals surface area contributed by atoms with E-state index in [1.165, 1.54) is 23.8 Å². The summed E-state index contributed by atoms with van der Waals surface area (Å²) in [5.74, 6) is -2.61. The first-order chi connectivity index (χ1) is 13.9. The zero-order valence-corrected chi connectivity index (χ0v) is 16.8. The van der Waals surface area contributed by atoms with E-state index in [0.717, 1.165) is 36.4 Å². The maximum atomic E-state index is 14.0. The zero-order valence-electron chi connectivity index (χ0n) is 16.0. The summed E-state index contributed by atoms with van der Waals surface area (Å²) in [5, 5.41) is 0. The van der Waals surface area contributed by atoms with Crippen LogP contribution in [-0.4, -0.2) is 32.9 Å². The molecular formula is C19H19F4NO5S. The second kappa shape index (κ2) is 9.11. The van der Waals surface area contributed by atoms with Crippen LogP contribution in [0.2, 0.25) is 0 Å². The molecule has 0 aliphatic carbocycles. The molecule has 0 aliphatic rings. The van der Waals surface area contributed by atoms with Gasteiger partial charge < -0.3 is 9.47 Å². The topological polar surface area (TPSA) is 81.7 Å². The normalized spacial score (nSPS) is 14.2. The minimum Gasteiger partial charge on any atom is -0.463 e. The third-order valence-electron chi connectivity index (χ3n) is 3.94. The van der Waals surface area contributed by atoms with Crippen molar-refractivity contribution in [1.82, 2.24) is 4.72 Å². The lowest BCUT2D eigenvalue weighted by atomic mass is 10.2. The Kier molecular flexibility index (Phi) is 7.22. The Labute approximate surface area is 170 Å². The number of carbonyl (C=O) groups is 1. The Morgan fingerprint density at radius 1 is 1.03 bits per heavy atom. The van der Waals surface area contributed by atoms with Gasteiger partial charge in [-0.3, -0.25) is 0 Å². The molecule has 2 rings (SSSR count). The van der Waals surface area contributed by atoms with E-state index < -0.39 is 51.8 Å². The number of hydrogen-bond acceptors (Lipinski definition) is 5. The van der Waals surface area contributed by atoms with Crippen molar-refractivity contribution in [2.45, 2.75) is 37.3 Å². The molecule has 0 bridgehead atoms.